The van der Waals surface area contributed by atoms with Gasteiger partial charge < -0.3 is 0 Å². The number of alkyl halides is 1. The summed E-state index contributed by atoms with van der Waals surface area (Å²) in [6.45, 7) is 0. The van der Waals surface area contributed by atoms with Crippen LogP contribution in [-0.2, 0) is 0 Å². The van der Waals surface area contributed by atoms with E-state index in [0.29, 0.717) is 5.56 Å². The second kappa shape index (κ2) is 5.29. The Kier molecular flexibility index (Phi) is 4.21. The molecule has 0 radical (unpaired) electrons. The summed E-state index contributed by atoms with van der Waals surface area (Å²) in [5.74, 6) is -0.212. The first-order chi connectivity index (χ1) is 7.59. The molecule has 2 rings (SSSR count). The highest BCUT2D eigenvalue weighted by molar-refractivity contribution is 9.11. The molecule has 0 saturated carbocycles. The van der Waals surface area contributed by atoms with Crippen molar-refractivity contribution in [3.63, 3.8) is 0 Å². The third kappa shape index (κ3) is 2.58. The normalized spacial score (nSPS) is 12.8. The van der Waals surface area contributed by atoms with Crippen LogP contribution in [0.1, 0.15) is 15.3 Å². The van der Waals surface area contributed by atoms with E-state index in [-0.39, 0.29) is 10.6 Å². The van der Waals surface area contributed by atoms with E-state index in [1.54, 1.807) is 17.4 Å². The molecular weight excluding hydrogens is 423 g/mol. The van der Waals surface area contributed by atoms with Gasteiger partial charge in [0.05, 0.1) is 4.83 Å². The third-order valence-electron chi connectivity index (χ3n) is 2.11. The Hall–Kier alpha value is 0.290. The predicted molar refractivity (Wildman–Crippen MR) is 76.9 cm³/mol. The molecule has 0 saturated heterocycles. The molecule has 1 heterocycles. The lowest BCUT2D eigenvalue weighted by Crippen LogP contribution is -1.94. The van der Waals surface area contributed by atoms with E-state index >= 15 is 0 Å². The molecule has 5 heteroatoms. The lowest BCUT2D eigenvalue weighted by atomic mass is 10.1. The highest BCUT2D eigenvalue weighted by Crippen LogP contribution is 2.40. The fourth-order valence-electron chi connectivity index (χ4n) is 1.33. The molecule has 1 aromatic carbocycles. The minimum Gasteiger partial charge on any atom is -0.207 e. The Morgan fingerprint density at radius 2 is 1.94 bits per heavy atom. The van der Waals surface area contributed by atoms with Crippen LogP contribution in [-0.4, -0.2) is 0 Å². The first kappa shape index (κ1) is 12.7. The van der Waals surface area contributed by atoms with Gasteiger partial charge in [0, 0.05) is 19.4 Å². The summed E-state index contributed by atoms with van der Waals surface area (Å²) in [6.07, 6.45) is 0. The molecule has 1 atom stereocenters. The van der Waals surface area contributed by atoms with E-state index in [1.807, 2.05) is 17.5 Å². The zero-order valence-electron chi connectivity index (χ0n) is 7.88. The number of hydrogen-bond donors (Lipinski definition) is 0. The van der Waals surface area contributed by atoms with Gasteiger partial charge in [-0.1, -0.05) is 37.9 Å². The standard InChI is InChI=1S/C11H6Br3FS/c12-6-1-2-7(9(15)5-6)10(14)11-8(13)3-4-16-11/h1-5,10H. The molecule has 0 aliphatic carbocycles. The second-order valence-electron chi connectivity index (χ2n) is 3.16. The average Bonchev–Trinajstić information content (AvgIpc) is 2.63. The first-order valence-electron chi connectivity index (χ1n) is 4.41. The molecule has 0 aliphatic rings. The molecule has 0 spiro atoms. The topological polar surface area (TPSA) is 0 Å². The summed E-state index contributed by atoms with van der Waals surface area (Å²) < 4.78 is 15.5. The van der Waals surface area contributed by atoms with Crippen molar-refractivity contribution in [3.8, 4) is 0 Å². The zero-order valence-corrected chi connectivity index (χ0v) is 13.5. The van der Waals surface area contributed by atoms with Crippen LogP contribution in [0.3, 0.4) is 0 Å². The van der Waals surface area contributed by atoms with Crippen molar-refractivity contribution in [2.45, 2.75) is 4.83 Å². The van der Waals surface area contributed by atoms with E-state index in [2.05, 4.69) is 47.8 Å². The van der Waals surface area contributed by atoms with Crippen molar-refractivity contribution in [2.75, 3.05) is 0 Å². The smallest absolute Gasteiger partial charge is 0.129 e. The van der Waals surface area contributed by atoms with Crippen molar-refractivity contribution in [1.29, 1.82) is 0 Å². The van der Waals surface area contributed by atoms with Crippen LogP contribution in [0.2, 0.25) is 0 Å². The summed E-state index contributed by atoms with van der Waals surface area (Å²) in [5.41, 5.74) is 0.645. The summed E-state index contributed by atoms with van der Waals surface area (Å²) in [4.78, 5) is 0.955. The van der Waals surface area contributed by atoms with Gasteiger partial charge in [-0.15, -0.1) is 11.3 Å². The van der Waals surface area contributed by atoms with Crippen molar-refractivity contribution in [3.05, 3.63) is 54.8 Å². The summed E-state index contributed by atoms with van der Waals surface area (Å²) in [6, 6.07) is 7.06. The van der Waals surface area contributed by atoms with Gasteiger partial charge in [-0.2, -0.15) is 0 Å². The first-order valence-corrected chi connectivity index (χ1v) is 7.79. The van der Waals surface area contributed by atoms with E-state index in [1.165, 1.54) is 6.07 Å². The minimum atomic E-state index is -0.212. The predicted octanol–water partition coefficient (Wildman–Crippen LogP) is 5.90. The zero-order chi connectivity index (χ0) is 11.7. The average molecular weight is 429 g/mol. The third-order valence-corrected chi connectivity index (χ3v) is 5.79. The summed E-state index contributed by atoms with van der Waals surface area (Å²) >= 11 is 11.8. The number of halogens is 4. The van der Waals surface area contributed by atoms with E-state index < -0.39 is 0 Å². The van der Waals surface area contributed by atoms with Gasteiger partial charge >= 0.3 is 0 Å². The Bertz CT molecular complexity index is 510. The maximum absolute atomic E-state index is 13.8. The molecule has 84 valence electrons. The van der Waals surface area contributed by atoms with E-state index in [9.17, 15) is 4.39 Å². The minimum absolute atomic E-state index is 0.116. The SMILES string of the molecule is Fc1cc(Br)ccc1C(Br)c1sccc1Br. The van der Waals surface area contributed by atoms with Crippen molar-refractivity contribution < 1.29 is 4.39 Å². The van der Waals surface area contributed by atoms with Crippen LogP contribution in [0.15, 0.2) is 38.6 Å². The van der Waals surface area contributed by atoms with Crippen molar-refractivity contribution in [2.24, 2.45) is 0 Å². The van der Waals surface area contributed by atoms with Crippen molar-refractivity contribution >= 4 is 59.1 Å². The van der Waals surface area contributed by atoms with Crippen LogP contribution in [0.4, 0.5) is 4.39 Å². The monoisotopic (exact) mass is 426 g/mol. The maximum Gasteiger partial charge on any atom is 0.129 e. The van der Waals surface area contributed by atoms with Gasteiger partial charge in [0.15, 0.2) is 0 Å². The largest absolute Gasteiger partial charge is 0.207 e. The molecule has 0 N–H and O–H groups in total. The van der Waals surface area contributed by atoms with E-state index in [4.69, 9.17) is 0 Å². The molecule has 1 aromatic heterocycles. The molecule has 0 bridgehead atoms. The number of benzene rings is 1. The van der Waals surface area contributed by atoms with Crippen LogP contribution in [0.25, 0.3) is 0 Å². The molecule has 0 amide bonds. The highest BCUT2D eigenvalue weighted by Gasteiger charge is 2.18. The van der Waals surface area contributed by atoms with Gasteiger partial charge in [-0.3, -0.25) is 0 Å². The highest BCUT2D eigenvalue weighted by atomic mass is 79.9. The second-order valence-corrected chi connectivity index (χ2v) is 6.79. The van der Waals surface area contributed by atoms with Crippen molar-refractivity contribution in [1.82, 2.24) is 0 Å². The molecule has 16 heavy (non-hydrogen) atoms. The van der Waals surface area contributed by atoms with Gasteiger partial charge in [-0.25, -0.2) is 4.39 Å². The Labute approximate surface area is 122 Å². The fourth-order valence-corrected chi connectivity index (χ4v) is 4.51. The number of thiophene rings is 1. The molecule has 0 aliphatic heterocycles. The lowest BCUT2D eigenvalue weighted by Gasteiger charge is -2.10. The Morgan fingerprint density at radius 1 is 1.19 bits per heavy atom. The van der Waals surface area contributed by atoms with Gasteiger partial charge in [0.1, 0.15) is 5.82 Å². The molecular formula is C11H6Br3FS. The van der Waals surface area contributed by atoms with Crippen LogP contribution < -0.4 is 0 Å². The Balaban J connectivity index is 2.41. The molecule has 0 nitrogen and oxygen atoms in total. The van der Waals surface area contributed by atoms with Crippen LogP contribution in [0, 0.1) is 5.82 Å². The van der Waals surface area contributed by atoms with Gasteiger partial charge in [0.25, 0.3) is 0 Å². The Morgan fingerprint density at radius 3 is 2.50 bits per heavy atom. The van der Waals surface area contributed by atoms with Crippen LogP contribution >= 0.6 is 59.1 Å². The maximum atomic E-state index is 13.8. The summed E-state index contributed by atoms with van der Waals surface area (Å²) in [5, 5.41) is 1.98. The van der Waals surface area contributed by atoms with E-state index in [0.717, 1.165) is 13.8 Å². The fraction of sp³-hybridized carbons (Fsp3) is 0.0909. The molecule has 0 fully saturated rings. The van der Waals surface area contributed by atoms with Gasteiger partial charge in [-0.05, 0) is 39.5 Å². The van der Waals surface area contributed by atoms with Crippen LogP contribution in [0.5, 0.6) is 0 Å². The summed E-state index contributed by atoms with van der Waals surface area (Å²) in [7, 11) is 0. The number of hydrogen-bond acceptors (Lipinski definition) is 1. The lowest BCUT2D eigenvalue weighted by molar-refractivity contribution is 0.613. The van der Waals surface area contributed by atoms with Gasteiger partial charge in [0.2, 0.25) is 0 Å². The number of rotatable bonds is 2. The molecule has 2 aromatic rings. The molecule has 1 unspecified atom stereocenters. The quantitative estimate of drug-likeness (QED) is 0.522.